The van der Waals surface area contributed by atoms with Crippen molar-refractivity contribution in [3.63, 3.8) is 0 Å². The molecule has 3 aromatic rings. The van der Waals surface area contributed by atoms with E-state index in [0.717, 1.165) is 16.3 Å². The van der Waals surface area contributed by atoms with Gasteiger partial charge in [0.2, 0.25) is 17.7 Å². The molecule has 3 heterocycles. The van der Waals surface area contributed by atoms with Crippen molar-refractivity contribution in [1.82, 2.24) is 5.32 Å². The number of rotatable bonds is 1. The molecule has 3 aliphatic heterocycles. The highest BCUT2D eigenvalue weighted by molar-refractivity contribution is 6.27. The summed E-state index contributed by atoms with van der Waals surface area (Å²) >= 11 is 0. The van der Waals surface area contributed by atoms with Crippen molar-refractivity contribution in [2.75, 3.05) is 16.8 Å². The summed E-state index contributed by atoms with van der Waals surface area (Å²) < 4.78 is 0. The van der Waals surface area contributed by atoms with Crippen LogP contribution in [0, 0.1) is 11.8 Å². The molecule has 3 amide bonds. The van der Waals surface area contributed by atoms with Crippen LogP contribution in [0.2, 0.25) is 0 Å². The molecule has 0 aromatic heterocycles. The quantitative estimate of drug-likeness (QED) is 0.633. The predicted molar refractivity (Wildman–Crippen MR) is 108 cm³/mol. The average Bonchev–Trinajstić information content (AvgIpc) is 3.35. The Morgan fingerprint density at radius 3 is 2.52 bits per heavy atom. The van der Waals surface area contributed by atoms with Gasteiger partial charge in [-0.2, -0.15) is 0 Å². The number of nitrogens with one attached hydrogen (secondary N) is 2. The molecule has 3 unspecified atom stereocenters. The monoisotopic (exact) mass is 383 g/mol. The van der Waals surface area contributed by atoms with Crippen molar-refractivity contribution in [2.45, 2.75) is 5.54 Å². The SMILES string of the molecule is O=C1C2CNC3(C(=O)Nc4ccccc43)C2C(=O)N1c1cccc2ccccc12. The lowest BCUT2D eigenvalue weighted by atomic mass is 9.77. The van der Waals surface area contributed by atoms with Gasteiger partial charge in [-0.25, -0.2) is 4.90 Å². The number of anilines is 2. The summed E-state index contributed by atoms with van der Waals surface area (Å²) in [7, 11) is 0. The van der Waals surface area contributed by atoms with E-state index in [0.29, 0.717) is 11.4 Å². The van der Waals surface area contributed by atoms with Gasteiger partial charge < -0.3 is 5.32 Å². The van der Waals surface area contributed by atoms with E-state index in [4.69, 9.17) is 0 Å². The molecule has 3 atom stereocenters. The van der Waals surface area contributed by atoms with E-state index >= 15 is 0 Å². The highest BCUT2D eigenvalue weighted by Crippen LogP contribution is 2.51. The Morgan fingerprint density at radius 2 is 1.62 bits per heavy atom. The lowest BCUT2D eigenvalue weighted by Crippen LogP contribution is -2.51. The largest absolute Gasteiger partial charge is 0.324 e. The third-order valence-corrected chi connectivity index (χ3v) is 6.46. The van der Waals surface area contributed by atoms with Gasteiger partial charge in [0.15, 0.2) is 0 Å². The zero-order valence-corrected chi connectivity index (χ0v) is 15.4. The van der Waals surface area contributed by atoms with E-state index in [9.17, 15) is 14.4 Å². The van der Waals surface area contributed by atoms with Crippen molar-refractivity contribution in [3.05, 3.63) is 72.3 Å². The molecular formula is C23H17N3O3. The van der Waals surface area contributed by atoms with Crippen molar-refractivity contribution in [1.29, 1.82) is 0 Å². The van der Waals surface area contributed by atoms with Gasteiger partial charge in [-0.1, -0.05) is 54.6 Å². The maximum atomic E-state index is 13.6. The van der Waals surface area contributed by atoms with Crippen LogP contribution in [0.25, 0.3) is 10.8 Å². The van der Waals surface area contributed by atoms with Crippen LogP contribution in [-0.2, 0) is 19.9 Å². The number of amides is 3. The van der Waals surface area contributed by atoms with Crippen molar-refractivity contribution in [3.8, 4) is 0 Å². The van der Waals surface area contributed by atoms with Crippen LogP contribution >= 0.6 is 0 Å². The molecule has 0 saturated carbocycles. The zero-order chi connectivity index (χ0) is 19.8. The standard InChI is InChI=1S/C23H17N3O3/c27-20-15-12-24-23(16-9-3-4-10-17(16)25-22(23)29)19(15)21(28)26(20)18-11-5-7-13-6-1-2-8-14(13)18/h1-11,15,19,24H,12H2,(H,25,29). The van der Waals surface area contributed by atoms with Crippen molar-refractivity contribution >= 4 is 39.9 Å². The number of nitrogens with zero attached hydrogens (tertiary/aromatic N) is 1. The minimum atomic E-state index is -1.20. The summed E-state index contributed by atoms with van der Waals surface area (Å²) in [5.41, 5.74) is 0.801. The molecule has 2 N–H and O–H groups in total. The topological polar surface area (TPSA) is 78.5 Å². The summed E-state index contributed by atoms with van der Waals surface area (Å²) in [6.45, 7) is 0.290. The number of fused-ring (bicyclic) bond motifs is 5. The van der Waals surface area contributed by atoms with Gasteiger partial charge in [0.05, 0.1) is 17.5 Å². The molecule has 2 fully saturated rings. The maximum absolute atomic E-state index is 13.6. The smallest absolute Gasteiger partial charge is 0.250 e. The van der Waals surface area contributed by atoms with Crippen LogP contribution < -0.4 is 15.5 Å². The molecule has 142 valence electrons. The third-order valence-electron chi connectivity index (χ3n) is 6.46. The summed E-state index contributed by atoms with van der Waals surface area (Å²) in [6, 6.07) is 20.6. The number of hydrogen-bond donors (Lipinski definition) is 2. The second kappa shape index (κ2) is 5.52. The number of imide groups is 1. The van der Waals surface area contributed by atoms with Crippen molar-refractivity contribution in [2.24, 2.45) is 11.8 Å². The molecule has 1 spiro atoms. The zero-order valence-electron chi connectivity index (χ0n) is 15.4. The highest BCUT2D eigenvalue weighted by atomic mass is 16.2. The van der Waals surface area contributed by atoms with Gasteiger partial charge >= 0.3 is 0 Å². The second-order valence-electron chi connectivity index (χ2n) is 7.78. The first-order valence-electron chi connectivity index (χ1n) is 9.64. The van der Waals surface area contributed by atoms with Crippen LogP contribution in [0.4, 0.5) is 11.4 Å². The Morgan fingerprint density at radius 1 is 0.862 bits per heavy atom. The fourth-order valence-electron chi connectivity index (χ4n) is 5.21. The maximum Gasteiger partial charge on any atom is 0.250 e. The van der Waals surface area contributed by atoms with Crippen LogP contribution in [0.1, 0.15) is 5.56 Å². The minimum Gasteiger partial charge on any atom is -0.324 e. The number of carbonyl (C=O) groups excluding carboxylic acids is 3. The van der Waals surface area contributed by atoms with Crippen LogP contribution in [0.5, 0.6) is 0 Å². The minimum absolute atomic E-state index is 0.252. The van der Waals surface area contributed by atoms with Crippen LogP contribution in [-0.4, -0.2) is 24.3 Å². The van der Waals surface area contributed by atoms with E-state index in [2.05, 4.69) is 10.6 Å². The molecule has 3 aromatic carbocycles. The van der Waals surface area contributed by atoms with Crippen LogP contribution in [0.15, 0.2) is 66.7 Å². The first kappa shape index (κ1) is 16.4. The molecule has 3 aliphatic rings. The van der Waals surface area contributed by atoms with Gasteiger partial charge in [0.25, 0.3) is 0 Å². The van der Waals surface area contributed by atoms with Gasteiger partial charge in [0.1, 0.15) is 5.54 Å². The first-order chi connectivity index (χ1) is 14.1. The molecule has 0 bridgehead atoms. The Hall–Kier alpha value is -3.51. The Labute approximate surface area is 166 Å². The number of hydrogen-bond acceptors (Lipinski definition) is 4. The van der Waals surface area contributed by atoms with Gasteiger partial charge in [0, 0.05) is 23.2 Å². The van der Waals surface area contributed by atoms with Gasteiger partial charge in [-0.3, -0.25) is 19.7 Å². The number of para-hydroxylation sites is 1. The summed E-state index contributed by atoms with van der Waals surface area (Å²) in [5.74, 6) is -2.19. The Kier molecular flexibility index (Phi) is 3.13. The number of carbonyl (C=O) groups is 3. The molecule has 0 radical (unpaired) electrons. The van der Waals surface area contributed by atoms with Crippen LogP contribution in [0.3, 0.4) is 0 Å². The Balaban J connectivity index is 1.52. The molecule has 29 heavy (non-hydrogen) atoms. The van der Waals surface area contributed by atoms with E-state index < -0.39 is 17.4 Å². The third kappa shape index (κ3) is 1.91. The fraction of sp³-hybridized carbons (Fsp3) is 0.174. The molecular weight excluding hydrogens is 366 g/mol. The number of benzene rings is 3. The van der Waals surface area contributed by atoms with E-state index in [-0.39, 0.29) is 24.3 Å². The molecule has 6 heteroatoms. The molecule has 0 aliphatic carbocycles. The van der Waals surface area contributed by atoms with E-state index in [1.807, 2.05) is 60.7 Å². The molecule has 6 nitrogen and oxygen atoms in total. The summed E-state index contributed by atoms with van der Waals surface area (Å²) in [4.78, 5) is 41.3. The van der Waals surface area contributed by atoms with E-state index in [1.165, 1.54) is 4.90 Å². The predicted octanol–water partition coefficient (Wildman–Crippen LogP) is 2.40. The first-order valence-corrected chi connectivity index (χ1v) is 9.64. The van der Waals surface area contributed by atoms with Gasteiger partial charge in [-0.05, 0) is 17.5 Å². The molecule has 6 rings (SSSR count). The van der Waals surface area contributed by atoms with Gasteiger partial charge in [-0.15, -0.1) is 0 Å². The highest BCUT2D eigenvalue weighted by Gasteiger charge is 2.67. The summed E-state index contributed by atoms with van der Waals surface area (Å²) in [6.07, 6.45) is 0. The Bertz CT molecular complexity index is 1230. The average molecular weight is 383 g/mol. The van der Waals surface area contributed by atoms with E-state index in [1.54, 1.807) is 6.07 Å². The normalized spacial score (nSPS) is 27.6. The summed E-state index contributed by atoms with van der Waals surface area (Å²) in [5, 5.41) is 7.91. The second-order valence-corrected chi connectivity index (χ2v) is 7.78. The lowest BCUT2D eigenvalue weighted by molar-refractivity contribution is -0.130. The lowest BCUT2D eigenvalue weighted by Gasteiger charge is -2.28. The molecule has 2 saturated heterocycles. The van der Waals surface area contributed by atoms with Crippen molar-refractivity contribution < 1.29 is 14.4 Å². The fourth-order valence-corrected chi connectivity index (χ4v) is 5.21.